The maximum absolute atomic E-state index is 11.7. The lowest BCUT2D eigenvalue weighted by atomic mass is 10.1. The van der Waals surface area contributed by atoms with Crippen LogP contribution in [0.4, 0.5) is 10.5 Å². The van der Waals surface area contributed by atoms with Crippen LogP contribution in [0.2, 0.25) is 0 Å². The van der Waals surface area contributed by atoms with Gasteiger partial charge in [0, 0.05) is 0 Å². The van der Waals surface area contributed by atoms with Gasteiger partial charge in [0.05, 0.1) is 22.9 Å². The first-order valence-corrected chi connectivity index (χ1v) is 7.21. The fourth-order valence-corrected chi connectivity index (χ4v) is 2.08. The van der Waals surface area contributed by atoms with Gasteiger partial charge in [-0.25, -0.2) is 9.52 Å². The Bertz CT molecular complexity index is 729. The Morgan fingerprint density at radius 2 is 1.86 bits per heavy atom. The molecular weight excluding hydrogens is 296 g/mol. The van der Waals surface area contributed by atoms with Gasteiger partial charge in [-0.3, -0.25) is 4.72 Å². The molecule has 0 radical (unpaired) electrons. The Labute approximate surface area is 122 Å². The van der Waals surface area contributed by atoms with E-state index in [9.17, 15) is 13.2 Å². The molecular formula is C12H12N4O4S. The van der Waals surface area contributed by atoms with Crippen molar-refractivity contribution in [2.45, 2.75) is 20.0 Å². The molecule has 2 N–H and O–H groups in total. The first kappa shape index (κ1) is 16.3. The Kier molecular flexibility index (Phi) is 5.11. The first-order chi connectivity index (χ1) is 9.77. The first-order valence-electron chi connectivity index (χ1n) is 5.73. The molecule has 110 valence electrons. The van der Waals surface area contributed by atoms with Crippen LogP contribution < -0.4 is 9.44 Å². The van der Waals surface area contributed by atoms with E-state index in [2.05, 4.69) is 4.74 Å². The number of nitriles is 2. The van der Waals surface area contributed by atoms with Gasteiger partial charge < -0.3 is 4.74 Å². The zero-order valence-electron chi connectivity index (χ0n) is 11.2. The molecule has 0 saturated heterocycles. The zero-order valence-corrected chi connectivity index (χ0v) is 12.1. The molecule has 0 heterocycles. The highest BCUT2D eigenvalue weighted by Crippen LogP contribution is 2.15. The minimum atomic E-state index is -4.19. The van der Waals surface area contributed by atoms with Gasteiger partial charge in [-0.2, -0.15) is 18.9 Å². The lowest BCUT2D eigenvalue weighted by Gasteiger charge is -2.11. The topological polar surface area (TPSA) is 132 Å². The van der Waals surface area contributed by atoms with E-state index in [4.69, 9.17) is 10.5 Å². The summed E-state index contributed by atoms with van der Waals surface area (Å²) in [5.41, 5.74) is 0.172. The molecule has 9 heteroatoms. The predicted octanol–water partition coefficient (Wildman–Crippen LogP) is 1.22. The van der Waals surface area contributed by atoms with Crippen LogP contribution in [0, 0.1) is 22.7 Å². The molecule has 0 unspecified atom stereocenters. The van der Waals surface area contributed by atoms with E-state index in [0.717, 1.165) is 0 Å². The standard InChI is InChI=1S/C12H12N4O4S/c1-8(2)20-12(17)16-21(18,19)15-11-4-3-9(6-13)10(5-11)7-14/h3-5,8,15H,1-2H3,(H,16,17). The monoisotopic (exact) mass is 308 g/mol. The van der Waals surface area contributed by atoms with Gasteiger partial charge in [-0.1, -0.05) is 0 Å². The van der Waals surface area contributed by atoms with Crippen LogP contribution in [-0.4, -0.2) is 20.6 Å². The second-order valence-corrected chi connectivity index (χ2v) is 5.56. The van der Waals surface area contributed by atoms with Gasteiger partial charge in [0.1, 0.15) is 12.1 Å². The number of carbonyl (C=O) groups excluding carboxylic acids is 1. The van der Waals surface area contributed by atoms with E-state index < -0.39 is 22.4 Å². The number of hydrogen-bond donors (Lipinski definition) is 2. The Morgan fingerprint density at radius 1 is 1.24 bits per heavy atom. The predicted molar refractivity (Wildman–Crippen MR) is 73.2 cm³/mol. The van der Waals surface area contributed by atoms with Crippen molar-refractivity contribution in [1.29, 1.82) is 10.5 Å². The molecule has 0 spiro atoms. The summed E-state index contributed by atoms with van der Waals surface area (Å²) in [6.45, 7) is 3.14. The number of benzene rings is 1. The third-order valence-electron chi connectivity index (χ3n) is 2.07. The van der Waals surface area contributed by atoms with Crippen molar-refractivity contribution in [3.63, 3.8) is 0 Å². The number of nitrogens with one attached hydrogen (secondary N) is 2. The van der Waals surface area contributed by atoms with Crippen molar-refractivity contribution in [3.8, 4) is 12.1 Å². The number of amides is 1. The Hall–Kier alpha value is -2.78. The maximum atomic E-state index is 11.7. The summed E-state index contributed by atoms with van der Waals surface area (Å²) in [6.07, 6.45) is -1.59. The normalized spacial score (nSPS) is 10.3. The third-order valence-corrected chi connectivity index (χ3v) is 3.01. The quantitative estimate of drug-likeness (QED) is 0.859. The molecule has 0 aliphatic rings. The molecule has 21 heavy (non-hydrogen) atoms. The second-order valence-electron chi connectivity index (χ2n) is 4.15. The average molecular weight is 308 g/mol. The minimum absolute atomic E-state index is 0.0162. The van der Waals surface area contributed by atoms with E-state index in [1.807, 2.05) is 4.72 Å². The van der Waals surface area contributed by atoms with Crippen molar-refractivity contribution in [3.05, 3.63) is 29.3 Å². The van der Waals surface area contributed by atoms with Crippen molar-refractivity contribution in [2.75, 3.05) is 4.72 Å². The third kappa shape index (κ3) is 5.01. The van der Waals surface area contributed by atoms with Gasteiger partial charge >= 0.3 is 16.3 Å². The molecule has 1 rings (SSSR count). The molecule has 8 nitrogen and oxygen atoms in total. The summed E-state index contributed by atoms with van der Waals surface area (Å²) in [4.78, 5) is 11.2. The summed E-state index contributed by atoms with van der Waals surface area (Å²) in [5.74, 6) is 0. The van der Waals surface area contributed by atoms with Crippen LogP contribution in [0.25, 0.3) is 0 Å². The van der Waals surface area contributed by atoms with Crippen LogP contribution in [0.1, 0.15) is 25.0 Å². The summed E-state index contributed by atoms with van der Waals surface area (Å²) >= 11 is 0. The average Bonchev–Trinajstić information content (AvgIpc) is 2.36. The number of anilines is 1. The van der Waals surface area contributed by atoms with Crippen LogP contribution >= 0.6 is 0 Å². The van der Waals surface area contributed by atoms with Gasteiger partial charge in [-0.05, 0) is 32.0 Å². The molecule has 0 aliphatic carbocycles. The Balaban J connectivity index is 2.88. The Morgan fingerprint density at radius 3 is 2.38 bits per heavy atom. The van der Waals surface area contributed by atoms with Gasteiger partial charge in [0.15, 0.2) is 0 Å². The molecule has 0 saturated carbocycles. The van der Waals surface area contributed by atoms with Crippen molar-refractivity contribution in [2.24, 2.45) is 0 Å². The summed E-state index contributed by atoms with van der Waals surface area (Å²) in [7, 11) is -4.19. The highest BCUT2D eigenvalue weighted by atomic mass is 32.2. The van der Waals surface area contributed by atoms with Crippen molar-refractivity contribution in [1.82, 2.24) is 4.72 Å². The largest absolute Gasteiger partial charge is 0.446 e. The number of ether oxygens (including phenoxy) is 1. The second kappa shape index (κ2) is 6.59. The number of hydrogen-bond acceptors (Lipinski definition) is 6. The van der Waals surface area contributed by atoms with E-state index in [0.29, 0.717) is 0 Å². The lowest BCUT2D eigenvalue weighted by molar-refractivity contribution is 0.121. The molecule has 0 atom stereocenters. The number of carbonyl (C=O) groups is 1. The lowest BCUT2D eigenvalue weighted by Crippen LogP contribution is -2.36. The summed E-state index contributed by atoms with van der Waals surface area (Å²) in [5, 5.41) is 17.6. The van der Waals surface area contributed by atoms with Gasteiger partial charge in [0.25, 0.3) is 0 Å². The van der Waals surface area contributed by atoms with Crippen LogP contribution in [-0.2, 0) is 14.9 Å². The van der Waals surface area contributed by atoms with Crippen LogP contribution in [0.5, 0.6) is 0 Å². The molecule has 0 fully saturated rings. The van der Waals surface area contributed by atoms with Crippen molar-refractivity contribution >= 4 is 22.0 Å². The molecule has 0 bridgehead atoms. The molecule has 0 aliphatic heterocycles. The van der Waals surface area contributed by atoms with Crippen LogP contribution in [0.15, 0.2) is 18.2 Å². The summed E-state index contributed by atoms with van der Waals surface area (Å²) in [6, 6.07) is 7.35. The molecule has 1 aromatic rings. The van der Waals surface area contributed by atoms with E-state index in [1.54, 1.807) is 30.7 Å². The summed E-state index contributed by atoms with van der Waals surface area (Å²) < 4.78 is 31.7. The molecule has 1 aromatic carbocycles. The highest BCUT2D eigenvalue weighted by molar-refractivity contribution is 7.91. The molecule has 0 aromatic heterocycles. The van der Waals surface area contributed by atoms with E-state index in [1.165, 1.54) is 18.2 Å². The van der Waals surface area contributed by atoms with Gasteiger partial charge in [0.2, 0.25) is 0 Å². The van der Waals surface area contributed by atoms with Gasteiger partial charge in [-0.15, -0.1) is 0 Å². The fraction of sp³-hybridized carbons (Fsp3) is 0.250. The van der Waals surface area contributed by atoms with Crippen LogP contribution in [0.3, 0.4) is 0 Å². The van der Waals surface area contributed by atoms with Crippen molar-refractivity contribution < 1.29 is 17.9 Å². The zero-order chi connectivity index (χ0) is 16.0. The SMILES string of the molecule is CC(C)OC(=O)NS(=O)(=O)Nc1ccc(C#N)c(C#N)c1. The number of nitrogens with zero attached hydrogens (tertiary/aromatic N) is 2. The maximum Gasteiger partial charge on any atom is 0.422 e. The fourth-order valence-electron chi connectivity index (χ4n) is 1.33. The van der Waals surface area contributed by atoms with E-state index >= 15 is 0 Å². The number of rotatable bonds is 4. The molecule has 1 amide bonds. The smallest absolute Gasteiger partial charge is 0.422 e. The van der Waals surface area contributed by atoms with E-state index in [-0.39, 0.29) is 16.8 Å². The minimum Gasteiger partial charge on any atom is -0.446 e. The highest BCUT2D eigenvalue weighted by Gasteiger charge is 2.17.